The number of aliphatic hydroxyl groups excluding tert-OH is 1. The Hall–Kier alpha value is -2.29. The van der Waals surface area contributed by atoms with Gasteiger partial charge in [0.15, 0.2) is 5.15 Å². The minimum absolute atomic E-state index is 0.00580. The van der Waals surface area contributed by atoms with E-state index in [1.165, 1.54) is 38.2 Å². The standard InChI is InChI=1S/C19H18BrCl2N5O4/c1-9(28)25-14-4-3-13(27-17(14)22)15(30)16(20)19(31,8-21)12-5-11(6-23)18(24-7-12)26-10(2)29/h3-5,7,15-16,30-31H,8H2,1-2H3,(H,25,28)(H,24,26,29). The van der Waals surface area contributed by atoms with Crippen LogP contribution in [0.5, 0.6) is 0 Å². The first-order chi connectivity index (χ1) is 14.5. The number of halogens is 3. The number of aliphatic hydroxyl groups is 2. The number of pyridine rings is 2. The van der Waals surface area contributed by atoms with Crippen molar-refractivity contribution in [2.45, 2.75) is 30.4 Å². The van der Waals surface area contributed by atoms with Gasteiger partial charge in [-0.3, -0.25) is 9.59 Å². The monoisotopic (exact) mass is 529 g/mol. The molecule has 9 nitrogen and oxygen atoms in total. The molecule has 164 valence electrons. The van der Waals surface area contributed by atoms with Crippen LogP contribution in [-0.2, 0) is 15.2 Å². The van der Waals surface area contributed by atoms with Crippen LogP contribution in [0.25, 0.3) is 0 Å². The van der Waals surface area contributed by atoms with E-state index in [4.69, 9.17) is 23.2 Å². The number of carbonyl (C=O) groups excluding carboxylic acids is 2. The van der Waals surface area contributed by atoms with Crippen molar-refractivity contribution in [3.05, 3.63) is 46.4 Å². The lowest BCUT2D eigenvalue weighted by Crippen LogP contribution is -2.41. The van der Waals surface area contributed by atoms with E-state index in [0.29, 0.717) is 0 Å². The maximum atomic E-state index is 11.3. The van der Waals surface area contributed by atoms with Crippen molar-refractivity contribution in [1.82, 2.24) is 9.97 Å². The topological polar surface area (TPSA) is 148 Å². The quantitative estimate of drug-likeness (QED) is 0.317. The van der Waals surface area contributed by atoms with Crippen LogP contribution >= 0.6 is 39.1 Å². The van der Waals surface area contributed by atoms with Gasteiger partial charge in [0.05, 0.1) is 27.7 Å². The fourth-order valence-electron chi connectivity index (χ4n) is 2.67. The zero-order valence-electron chi connectivity index (χ0n) is 16.4. The molecule has 0 aliphatic rings. The number of alkyl halides is 2. The molecule has 2 heterocycles. The fourth-order valence-corrected chi connectivity index (χ4v) is 4.08. The molecule has 0 bridgehead atoms. The summed E-state index contributed by atoms with van der Waals surface area (Å²) in [4.78, 5) is 29.5. The molecule has 0 aliphatic heterocycles. The predicted molar refractivity (Wildman–Crippen MR) is 119 cm³/mol. The molecule has 0 aliphatic carbocycles. The third-order valence-corrected chi connectivity index (χ3v) is 6.18. The molecule has 2 rings (SSSR count). The lowest BCUT2D eigenvalue weighted by atomic mass is 9.89. The summed E-state index contributed by atoms with van der Waals surface area (Å²) >= 11 is 15.4. The number of nitrogens with zero attached hydrogens (tertiary/aromatic N) is 3. The average Bonchev–Trinajstić information content (AvgIpc) is 2.73. The van der Waals surface area contributed by atoms with Gasteiger partial charge in [-0.05, 0) is 18.2 Å². The fraction of sp³-hybridized carbons (Fsp3) is 0.316. The zero-order chi connectivity index (χ0) is 23.3. The first-order valence-corrected chi connectivity index (χ1v) is 10.6. The molecule has 0 fully saturated rings. The van der Waals surface area contributed by atoms with Crippen molar-refractivity contribution in [3.8, 4) is 6.07 Å². The van der Waals surface area contributed by atoms with Gasteiger partial charge in [-0.15, -0.1) is 11.6 Å². The summed E-state index contributed by atoms with van der Waals surface area (Å²) < 4.78 is 0. The van der Waals surface area contributed by atoms with Crippen molar-refractivity contribution in [1.29, 1.82) is 5.26 Å². The van der Waals surface area contributed by atoms with Gasteiger partial charge in [0, 0.05) is 25.6 Å². The molecule has 31 heavy (non-hydrogen) atoms. The van der Waals surface area contributed by atoms with Gasteiger partial charge < -0.3 is 20.8 Å². The minimum atomic E-state index is -1.88. The van der Waals surface area contributed by atoms with Gasteiger partial charge >= 0.3 is 0 Å². The van der Waals surface area contributed by atoms with E-state index in [1.807, 2.05) is 6.07 Å². The van der Waals surface area contributed by atoms with Crippen molar-refractivity contribution < 1.29 is 19.8 Å². The van der Waals surface area contributed by atoms with E-state index in [1.54, 1.807) is 0 Å². The van der Waals surface area contributed by atoms with E-state index < -0.39 is 22.4 Å². The minimum Gasteiger partial charge on any atom is -0.385 e. The second kappa shape index (κ2) is 10.3. The molecule has 4 N–H and O–H groups in total. The Morgan fingerprint density at radius 3 is 2.48 bits per heavy atom. The first kappa shape index (κ1) is 25.0. The van der Waals surface area contributed by atoms with Crippen LogP contribution in [0.4, 0.5) is 11.5 Å². The van der Waals surface area contributed by atoms with Gasteiger partial charge in [-0.25, -0.2) is 9.97 Å². The second-order valence-electron chi connectivity index (χ2n) is 6.57. The summed E-state index contributed by atoms with van der Waals surface area (Å²) in [6, 6.07) is 6.11. The van der Waals surface area contributed by atoms with Crippen molar-refractivity contribution in [2.24, 2.45) is 0 Å². The number of carbonyl (C=O) groups is 2. The highest BCUT2D eigenvalue weighted by atomic mass is 79.9. The van der Waals surface area contributed by atoms with Gasteiger partial charge in [0.1, 0.15) is 23.6 Å². The number of anilines is 2. The molecule has 0 spiro atoms. The third-order valence-electron chi connectivity index (χ3n) is 4.22. The van der Waals surface area contributed by atoms with E-state index in [2.05, 4.69) is 36.5 Å². The average molecular weight is 531 g/mol. The third kappa shape index (κ3) is 5.70. The summed E-state index contributed by atoms with van der Waals surface area (Å²) in [5.74, 6) is -1.09. The summed E-state index contributed by atoms with van der Waals surface area (Å²) in [7, 11) is 0. The number of nitrogens with one attached hydrogen (secondary N) is 2. The SMILES string of the molecule is CC(=O)Nc1ccc(C(O)C(Br)C(O)(CCl)c2cnc(NC(C)=O)c(C#N)c2)nc1Cl. The van der Waals surface area contributed by atoms with Crippen LogP contribution in [0.1, 0.15) is 36.8 Å². The molecule has 2 aromatic rings. The Balaban J connectivity index is 2.40. The number of aromatic nitrogens is 2. The summed E-state index contributed by atoms with van der Waals surface area (Å²) in [5, 5.41) is 36.3. The second-order valence-corrected chi connectivity index (χ2v) is 8.19. The molecular formula is C19H18BrCl2N5O4. The van der Waals surface area contributed by atoms with Gasteiger partial charge in [-0.2, -0.15) is 5.26 Å². The number of amides is 2. The van der Waals surface area contributed by atoms with E-state index in [9.17, 15) is 25.1 Å². The molecular weight excluding hydrogens is 513 g/mol. The van der Waals surface area contributed by atoms with Crippen LogP contribution in [0.2, 0.25) is 5.15 Å². The zero-order valence-corrected chi connectivity index (χ0v) is 19.5. The number of nitriles is 1. The lowest BCUT2D eigenvalue weighted by molar-refractivity contribution is -0.115. The van der Waals surface area contributed by atoms with Gasteiger partial charge in [0.25, 0.3) is 0 Å². The van der Waals surface area contributed by atoms with Crippen LogP contribution in [-0.4, -0.2) is 42.7 Å². The smallest absolute Gasteiger partial charge is 0.222 e. The van der Waals surface area contributed by atoms with Crippen molar-refractivity contribution in [2.75, 3.05) is 16.5 Å². The Labute approximate surface area is 196 Å². The number of hydrogen-bond acceptors (Lipinski definition) is 7. The highest BCUT2D eigenvalue weighted by Gasteiger charge is 2.42. The van der Waals surface area contributed by atoms with E-state index in [-0.39, 0.29) is 45.3 Å². The van der Waals surface area contributed by atoms with Crippen LogP contribution < -0.4 is 10.6 Å². The Morgan fingerprint density at radius 1 is 1.32 bits per heavy atom. The molecule has 0 aromatic carbocycles. The Bertz CT molecular complexity index is 1050. The number of rotatable bonds is 7. The largest absolute Gasteiger partial charge is 0.385 e. The summed E-state index contributed by atoms with van der Waals surface area (Å²) in [6.45, 7) is 2.58. The predicted octanol–water partition coefficient (Wildman–Crippen LogP) is 2.84. The Kier molecular flexibility index (Phi) is 8.34. The maximum absolute atomic E-state index is 11.3. The molecule has 2 aromatic heterocycles. The molecule has 12 heteroatoms. The van der Waals surface area contributed by atoms with E-state index >= 15 is 0 Å². The van der Waals surface area contributed by atoms with Gasteiger partial charge in [0.2, 0.25) is 11.8 Å². The first-order valence-electron chi connectivity index (χ1n) is 8.76. The highest BCUT2D eigenvalue weighted by Crippen LogP contribution is 2.39. The molecule has 0 saturated heterocycles. The van der Waals surface area contributed by atoms with Crippen LogP contribution in [0.15, 0.2) is 24.4 Å². The summed E-state index contributed by atoms with van der Waals surface area (Å²) in [6.07, 6.45) is -0.136. The molecule has 3 atom stereocenters. The molecule has 2 amide bonds. The molecule has 0 radical (unpaired) electrons. The van der Waals surface area contributed by atoms with Crippen molar-refractivity contribution in [3.63, 3.8) is 0 Å². The van der Waals surface area contributed by atoms with E-state index in [0.717, 1.165) is 0 Å². The molecule has 3 unspecified atom stereocenters. The van der Waals surface area contributed by atoms with Crippen LogP contribution in [0.3, 0.4) is 0 Å². The summed E-state index contributed by atoms with van der Waals surface area (Å²) in [5.41, 5.74) is -1.37. The highest BCUT2D eigenvalue weighted by molar-refractivity contribution is 9.09. The lowest BCUT2D eigenvalue weighted by Gasteiger charge is -2.34. The molecule has 0 saturated carbocycles. The maximum Gasteiger partial charge on any atom is 0.222 e. The van der Waals surface area contributed by atoms with Gasteiger partial charge in [-0.1, -0.05) is 27.5 Å². The van der Waals surface area contributed by atoms with Crippen molar-refractivity contribution >= 4 is 62.5 Å². The normalized spacial score (nSPS) is 14.6. The van der Waals surface area contributed by atoms with Crippen LogP contribution in [0, 0.1) is 11.3 Å². The number of hydrogen-bond donors (Lipinski definition) is 4. The Morgan fingerprint density at radius 2 is 1.97 bits per heavy atom.